The highest BCUT2D eigenvalue weighted by atomic mass is 32.2. The molecule has 0 bridgehead atoms. The lowest BCUT2D eigenvalue weighted by Crippen LogP contribution is -2.48. The fraction of sp³-hybridized carbons (Fsp3) is 0.0952. The fourth-order valence-electron chi connectivity index (χ4n) is 6.44. The number of hydrogen-bond donors (Lipinski definition) is 0. The number of fused-ring (bicyclic) bond motifs is 4. The smallest absolute Gasteiger partial charge is 0.318 e. The van der Waals surface area contributed by atoms with Crippen LogP contribution in [0.5, 0.6) is 0 Å². The first kappa shape index (κ1) is 31.8. The predicted molar refractivity (Wildman–Crippen MR) is 203 cm³/mol. The molecule has 8 rings (SSSR count). The molecule has 6 nitrogen and oxygen atoms in total. The van der Waals surface area contributed by atoms with Gasteiger partial charge in [-0.15, -0.1) is 0 Å². The van der Waals surface area contributed by atoms with Gasteiger partial charge in [0.25, 0.3) is 0 Å². The Kier molecular flexibility index (Phi) is 9.03. The molecule has 6 aromatic rings. The van der Waals surface area contributed by atoms with E-state index in [1.807, 2.05) is 153 Å². The Balaban J connectivity index is 1.16. The zero-order valence-electron chi connectivity index (χ0n) is 27.3. The molecule has 0 saturated carbocycles. The predicted octanol–water partition coefficient (Wildman–Crippen LogP) is 10.8. The van der Waals surface area contributed by atoms with Crippen LogP contribution in [0, 0.1) is 0 Å². The van der Waals surface area contributed by atoms with Gasteiger partial charge in [-0.05, 0) is 59.7 Å². The Morgan fingerprint density at radius 2 is 0.680 bits per heavy atom. The molecule has 4 amide bonds. The Hall–Kier alpha value is -5.44. The molecule has 0 aliphatic carbocycles. The van der Waals surface area contributed by atoms with Crippen LogP contribution in [0.15, 0.2) is 177 Å². The maximum Gasteiger partial charge on any atom is 0.329 e. The second kappa shape index (κ2) is 14.2. The maximum atomic E-state index is 14.9. The van der Waals surface area contributed by atoms with Gasteiger partial charge in [-0.1, -0.05) is 133 Å². The summed E-state index contributed by atoms with van der Waals surface area (Å²) in [6, 6.07) is 52.0. The second-order valence-corrected chi connectivity index (χ2v) is 14.3. The SMILES string of the molecule is O=C(N(CCN(Cc1ccccc1)C(=O)N1c2ccccc2Sc2ccccc21)Cc1ccccc1)N1c2ccccc2Sc2ccccc21. The van der Waals surface area contributed by atoms with E-state index in [0.29, 0.717) is 26.2 Å². The van der Waals surface area contributed by atoms with Gasteiger partial charge in [0.1, 0.15) is 0 Å². The minimum atomic E-state index is -0.133. The largest absolute Gasteiger partial charge is 0.329 e. The second-order valence-electron chi connectivity index (χ2n) is 12.1. The minimum Gasteiger partial charge on any atom is -0.318 e. The van der Waals surface area contributed by atoms with Crippen molar-refractivity contribution in [1.82, 2.24) is 9.80 Å². The molecule has 0 unspecified atom stereocenters. The van der Waals surface area contributed by atoms with Gasteiger partial charge in [0.2, 0.25) is 0 Å². The lowest BCUT2D eigenvalue weighted by molar-refractivity contribution is 0.180. The van der Waals surface area contributed by atoms with Crippen molar-refractivity contribution >= 4 is 58.3 Å². The number of nitrogens with zero attached hydrogens (tertiary/aromatic N) is 4. The van der Waals surface area contributed by atoms with Gasteiger partial charge >= 0.3 is 12.1 Å². The van der Waals surface area contributed by atoms with Gasteiger partial charge in [-0.2, -0.15) is 0 Å². The normalized spacial score (nSPS) is 12.6. The standard InChI is InChI=1S/C42H34N4O2S2/c47-41(45-33-19-7-11-23-37(33)49-38-24-12-8-20-34(38)45)43(29-31-15-3-1-4-16-31)27-28-44(30-32-17-5-2-6-18-32)42(48)46-35-21-9-13-25-39(35)50-40-26-14-10-22-36(40)46/h1-26H,27-30H2. The Morgan fingerprint density at radius 3 is 1.00 bits per heavy atom. The van der Waals surface area contributed by atoms with Crippen LogP contribution in [0.3, 0.4) is 0 Å². The summed E-state index contributed by atoms with van der Waals surface area (Å²) in [5, 5.41) is 0. The van der Waals surface area contributed by atoms with Crippen LogP contribution in [-0.4, -0.2) is 35.0 Å². The first-order valence-electron chi connectivity index (χ1n) is 16.6. The molecule has 0 N–H and O–H groups in total. The van der Waals surface area contributed by atoms with Crippen LogP contribution in [0.1, 0.15) is 11.1 Å². The number of carbonyl (C=O) groups is 2. The number of carbonyl (C=O) groups excluding carboxylic acids is 2. The first-order valence-corrected chi connectivity index (χ1v) is 18.2. The number of rotatable bonds is 7. The third kappa shape index (κ3) is 6.35. The third-order valence-electron chi connectivity index (χ3n) is 8.86. The van der Waals surface area contributed by atoms with E-state index < -0.39 is 0 Å². The molecular formula is C42H34N4O2S2. The molecular weight excluding hydrogens is 657 g/mol. The Morgan fingerprint density at radius 1 is 0.400 bits per heavy atom. The van der Waals surface area contributed by atoms with Crippen LogP contribution in [0.4, 0.5) is 32.3 Å². The van der Waals surface area contributed by atoms with E-state index in [9.17, 15) is 9.59 Å². The van der Waals surface area contributed by atoms with Crippen molar-refractivity contribution < 1.29 is 9.59 Å². The average molecular weight is 691 g/mol. The van der Waals surface area contributed by atoms with E-state index in [4.69, 9.17) is 0 Å². The number of anilines is 4. The molecule has 0 spiro atoms. The van der Waals surface area contributed by atoms with Gasteiger partial charge in [0, 0.05) is 45.8 Å². The zero-order chi connectivity index (χ0) is 33.9. The summed E-state index contributed by atoms with van der Waals surface area (Å²) in [6.45, 7) is 1.44. The molecule has 0 aromatic heterocycles. The Labute approximate surface area is 301 Å². The molecule has 0 radical (unpaired) electrons. The number of urea groups is 2. The van der Waals surface area contributed by atoms with Crippen LogP contribution < -0.4 is 9.80 Å². The summed E-state index contributed by atoms with van der Waals surface area (Å²) in [6.07, 6.45) is 0. The van der Waals surface area contributed by atoms with Gasteiger partial charge in [0.05, 0.1) is 22.7 Å². The van der Waals surface area contributed by atoms with Crippen LogP contribution >= 0.6 is 23.5 Å². The van der Waals surface area contributed by atoms with Gasteiger partial charge < -0.3 is 9.80 Å². The summed E-state index contributed by atoms with van der Waals surface area (Å²) < 4.78 is 0. The summed E-state index contributed by atoms with van der Waals surface area (Å²) in [5.41, 5.74) is 5.47. The molecule has 6 aromatic carbocycles. The van der Waals surface area contributed by atoms with Crippen molar-refractivity contribution in [2.24, 2.45) is 0 Å². The Bertz CT molecular complexity index is 1920. The number of hydrogen-bond acceptors (Lipinski definition) is 4. The summed E-state index contributed by atoms with van der Waals surface area (Å²) >= 11 is 3.35. The van der Waals surface area contributed by atoms with E-state index in [-0.39, 0.29) is 12.1 Å². The first-order chi connectivity index (χ1) is 24.6. The summed E-state index contributed by atoms with van der Waals surface area (Å²) in [7, 11) is 0. The molecule has 8 heteroatoms. The molecule has 2 aliphatic rings. The summed E-state index contributed by atoms with van der Waals surface area (Å²) in [5.74, 6) is 0. The highest BCUT2D eigenvalue weighted by Gasteiger charge is 2.34. The van der Waals surface area contributed by atoms with Crippen molar-refractivity contribution in [3.05, 3.63) is 169 Å². The quantitative estimate of drug-likeness (QED) is 0.167. The average Bonchev–Trinajstić information content (AvgIpc) is 3.17. The van der Waals surface area contributed by atoms with Gasteiger partial charge in [0.15, 0.2) is 0 Å². The highest BCUT2D eigenvalue weighted by molar-refractivity contribution is 8.00. The van der Waals surface area contributed by atoms with E-state index in [2.05, 4.69) is 24.3 Å². The topological polar surface area (TPSA) is 47.1 Å². The van der Waals surface area contributed by atoms with Gasteiger partial charge in [-0.3, -0.25) is 9.80 Å². The molecule has 50 heavy (non-hydrogen) atoms. The van der Waals surface area contributed by atoms with Crippen molar-refractivity contribution in [3.63, 3.8) is 0 Å². The maximum absolute atomic E-state index is 14.9. The number of amides is 4. The van der Waals surface area contributed by atoms with Crippen LogP contribution in [0.2, 0.25) is 0 Å². The van der Waals surface area contributed by atoms with E-state index in [1.165, 1.54) is 0 Å². The van der Waals surface area contributed by atoms with Crippen molar-refractivity contribution in [1.29, 1.82) is 0 Å². The molecule has 0 fully saturated rings. The number of benzene rings is 6. The van der Waals surface area contributed by atoms with Crippen molar-refractivity contribution in [3.8, 4) is 0 Å². The van der Waals surface area contributed by atoms with E-state index in [1.54, 1.807) is 23.5 Å². The third-order valence-corrected chi connectivity index (χ3v) is 11.1. The lowest BCUT2D eigenvalue weighted by Gasteiger charge is -2.38. The zero-order valence-corrected chi connectivity index (χ0v) is 28.9. The molecule has 0 saturated heterocycles. The molecule has 246 valence electrons. The van der Waals surface area contributed by atoms with Crippen LogP contribution in [0.25, 0.3) is 0 Å². The summed E-state index contributed by atoms with van der Waals surface area (Å²) in [4.78, 5) is 41.4. The molecule has 2 aliphatic heterocycles. The lowest BCUT2D eigenvalue weighted by atomic mass is 10.2. The molecule has 0 atom stereocenters. The fourth-order valence-corrected chi connectivity index (χ4v) is 8.55. The van der Waals surface area contributed by atoms with E-state index >= 15 is 0 Å². The van der Waals surface area contributed by atoms with Gasteiger partial charge in [-0.25, -0.2) is 9.59 Å². The van der Waals surface area contributed by atoms with E-state index in [0.717, 1.165) is 53.5 Å². The minimum absolute atomic E-state index is 0.133. The number of para-hydroxylation sites is 4. The van der Waals surface area contributed by atoms with Crippen LogP contribution in [-0.2, 0) is 13.1 Å². The van der Waals surface area contributed by atoms with Crippen molar-refractivity contribution in [2.75, 3.05) is 22.9 Å². The highest BCUT2D eigenvalue weighted by Crippen LogP contribution is 2.49. The molecule has 2 heterocycles. The van der Waals surface area contributed by atoms with Crippen molar-refractivity contribution in [2.45, 2.75) is 32.7 Å². The monoisotopic (exact) mass is 690 g/mol.